The molecule has 0 aliphatic carbocycles. The number of rotatable bonds is 1. The van der Waals surface area contributed by atoms with Crippen molar-refractivity contribution in [3.8, 4) is 5.75 Å². The van der Waals surface area contributed by atoms with E-state index < -0.39 is 0 Å². The molecule has 70 valence electrons. The molecule has 1 aromatic carbocycles. The zero-order valence-electron chi connectivity index (χ0n) is 7.95. The lowest BCUT2D eigenvalue weighted by molar-refractivity contribution is 0.474. The van der Waals surface area contributed by atoms with E-state index in [1.54, 1.807) is 0 Å². The number of aromatic hydroxyl groups is 1. The Morgan fingerprint density at radius 1 is 1.23 bits per heavy atom. The third-order valence-electron chi connectivity index (χ3n) is 2.58. The maximum absolute atomic E-state index is 9.71. The summed E-state index contributed by atoms with van der Waals surface area (Å²) in [5, 5.41) is 9.71. The Kier molecular flexibility index (Phi) is 2.13. The van der Waals surface area contributed by atoms with Gasteiger partial charge in [0.05, 0.1) is 5.69 Å². The largest absolute Gasteiger partial charge is 0.506 e. The lowest BCUT2D eigenvalue weighted by atomic mass is 10.2. The fourth-order valence-corrected chi connectivity index (χ4v) is 1.86. The molecule has 1 saturated heterocycles. The first-order valence-electron chi connectivity index (χ1n) is 4.82. The van der Waals surface area contributed by atoms with Crippen LogP contribution in [0.5, 0.6) is 5.75 Å². The van der Waals surface area contributed by atoms with Crippen LogP contribution in [-0.2, 0) is 0 Å². The lowest BCUT2D eigenvalue weighted by Crippen LogP contribution is -2.17. The first kappa shape index (κ1) is 8.42. The van der Waals surface area contributed by atoms with Gasteiger partial charge in [0.15, 0.2) is 0 Å². The van der Waals surface area contributed by atoms with Crippen molar-refractivity contribution in [2.75, 3.05) is 18.0 Å². The number of hydrogen-bond acceptors (Lipinski definition) is 2. The average Bonchev–Trinajstić information content (AvgIpc) is 2.56. The standard InChI is InChI=1S/C11H15NO/c1-9-4-5-10(11(13)8-9)12-6-2-3-7-12/h4-5,8,13H,2-3,6-7H2,1H3. The molecule has 1 heterocycles. The van der Waals surface area contributed by atoms with Gasteiger partial charge in [0.1, 0.15) is 5.75 Å². The topological polar surface area (TPSA) is 23.5 Å². The molecule has 0 spiro atoms. The number of anilines is 1. The van der Waals surface area contributed by atoms with Crippen LogP contribution in [0.3, 0.4) is 0 Å². The predicted molar refractivity (Wildman–Crippen MR) is 54.3 cm³/mol. The van der Waals surface area contributed by atoms with Gasteiger partial charge in [-0.05, 0) is 37.5 Å². The smallest absolute Gasteiger partial charge is 0.139 e. The highest BCUT2D eigenvalue weighted by Gasteiger charge is 2.14. The molecule has 0 aromatic heterocycles. The van der Waals surface area contributed by atoms with Crippen LogP contribution in [0.2, 0.25) is 0 Å². The molecule has 1 aromatic rings. The molecule has 1 aliphatic heterocycles. The van der Waals surface area contributed by atoms with Gasteiger partial charge in [-0.2, -0.15) is 0 Å². The minimum atomic E-state index is 0.418. The minimum Gasteiger partial charge on any atom is -0.506 e. The molecule has 0 saturated carbocycles. The van der Waals surface area contributed by atoms with Gasteiger partial charge in [0.2, 0.25) is 0 Å². The van der Waals surface area contributed by atoms with Gasteiger partial charge in [0.25, 0.3) is 0 Å². The quantitative estimate of drug-likeness (QED) is 0.711. The van der Waals surface area contributed by atoms with E-state index in [1.807, 2.05) is 25.1 Å². The number of nitrogens with zero attached hydrogens (tertiary/aromatic N) is 1. The minimum absolute atomic E-state index is 0.418. The predicted octanol–water partition coefficient (Wildman–Crippen LogP) is 2.30. The molecule has 2 rings (SSSR count). The molecule has 0 atom stereocenters. The first-order chi connectivity index (χ1) is 6.27. The Morgan fingerprint density at radius 2 is 1.92 bits per heavy atom. The molecule has 0 bridgehead atoms. The molecule has 0 unspecified atom stereocenters. The van der Waals surface area contributed by atoms with Crippen molar-refractivity contribution in [1.29, 1.82) is 0 Å². The van der Waals surface area contributed by atoms with E-state index in [4.69, 9.17) is 0 Å². The zero-order chi connectivity index (χ0) is 9.26. The lowest BCUT2D eigenvalue weighted by Gasteiger charge is -2.18. The normalized spacial score (nSPS) is 16.5. The van der Waals surface area contributed by atoms with Crippen LogP contribution < -0.4 is 4.90 Å². The second kappa shape index (κ2) is 3.29. The molecular weight excluding hydrogens is 162 g/mol. The molecular formula is C11H15NO. The monoisotopic (exact) mass is 177 g/mol. The zero-order valence-corrected chi connectivity index (χ0v) is 7.95. The summed E-state index contributed by atoms with van der Waals surface area (Å²) in [7, 11) is 0. The van der Waals surface area contributed by atoms with Crippen LogP contribution in [-0.4, -0.2) is 18.2 Å². The highest BCUT2D eigenvalue weighted by molar-refractivity contribution is 5.59. The molecule has 0 amide bonds. The number of benzene rings is 1. The highest BCUT2D eigenvalue weighted by atomic mass is 16.3. The van der Waals surface area contributed by atoms with Gasteiger partial charge in [-0.3, -0.25) is 0 Å². The van der Waals surface area contributed by atoms with Crippen molar-refractivity contribution in [1.82, 2.24) is 0 Å². The number of hydrogen-bond donors (Lipinski definition) is 1. The van der Waals surface area contributed by atoms with E-state index in [1.165, 1.54) is 12.8 Å². The summed E-state index contributed by atoms with van der Waals surface area (Å²) in [4.78, 5) is 2.24. The summed E-state index contributed by atoms with van der Waals surface area (Å²) < 4.78 is 0. The second-order valence-electron chi connectivity index (χ2n) is 3.69. The third-order valence-corrected chi connectivity index (χ3v) is 2.58. The maximum atomic E-state index is 9.71. The first-order valence-corrected chi connectivity index (χ1v) is 4.82. The van der Waals surface area contributed by atoms with Gasteiger partial charge in [-0.25, -0.2) is 0 Å². The summed E-state index contributed by atoms with van der Waals surface area (Å²) in [5.74, 6) is 0.418. The van der Waals surface area contributed by atoms with Gasteiger partial charge in [-0.15, -0.1) is 0 Å². The Morgan fingerprint density at radius 3 is 2.54 bits per heavy atom. The van der Waals surface area contributed by atoms with Crippen LogP contribution >= 0.6 is 0 Å². The fraction of sp³-hybridized carbons (Fsp3) is 0.455. The Hall–Kier alpha value is -1.18. The summed E-state index contributed by atoms with van der Waals surface area (Å²) in [6, 6.07) is 5.89. The molecule has 2 heteroatoms. The highest BCUT2D eigenvalue weighted by Crippen LogP contribution is 2.30. The van der Waals surface area contributed by atoms with Crippen molar-refractivity contribution >= 4 is 5.69 Å². The summed E-state index contributed by atoms with van der Waals surface area (Å²) in [5.41, 5.74) is 2.10. The maximum Gasteiger partial charge on any atom is 0.139 e. The van der Waals surface area contributed by atoms with E-state index in [-0.39, 0.29) is 0 Å². The van der Waals surface area contributed by atoms with Crippen LogP contribution in [0, 0.1) is 6.92 Å². The van der Waals surface area contributed by atoms with Gasteiger partial charge in [0, 0.05) is 13.1 Å². The van der Waals surface area contributed by atoms with Crippen molar-refractivity contribution in [3.05, 3.63) is 23.8 Å². The number of aryl methyl sites for hydroxylation is 1. The summed E-state index contributed by atoms with van der Waals surface area (Å²) >= 11 is 0. The number of phenols is 1. The SMILES string of the molecule is Cc1ccc(N2CCCC2)c(O)c1. The fourth-order valence-electron chi connectivity index (χ4n) is 1.86. The van der Waals surface area contributed by atoms with Crippen molar-refractivity contribution in [3.63, 3.8) is 0 Å². The van der Waals surface area contributed by atoms with Crippen molar-refractivity contribution < 1.29 is 5.11 Å². The molecule has 13 heavy (non-hydrogen) atoms. The van der Waals surface area contributed by atoms with E-state index in [9.17, 15) is 5.11 Å². The molecule has 1 aliphatic rings. The van der Waals surface area contributed by atoms with Gasteiger partial charge in [-0.1, -0.05) is 6.07 Å². The molecule has 1 fully saturated rings. The average molecular weight is 177 g/mol. The van der Waals surface area contributed by atoms with E-state index >= 15 is 0 Å². The van der Waals surface area contributed by atoms with E-state index in [0.717, 1.165) is 24.3 Å². The second-order valence-corrected chi connectivity index (χ2v) is 3.69. The Bertz CT molecular complexity index is 303. The Labute approximate surface area is 78.8 Å². The van der Waals surface area contributed by atoms with E-state index in [2.05, 4.69) is 4.90 Å². The van der Waals surface area contributed by atoms with Crippen molar-refractivity contribution in [2.45, 2.75) is 19.8 Å². The molecule has 0 radical (unpaired) electrons. The van der Waals surface area contributed by atoms with Crippen LogP contribution in [0.25, 0.3) is 0 Å². The third kappa shape index (κ3) is 1.62. The van der Waals surface area contributed by atoms with E-state index in [0.29, 0.717) is 5.75 Å². The van der Waals surface area contributed by atoms with Gasteiger partial charge >= 0.3 is 0 Å². The summed E-state index contributed by atoms with van der Waals surface area (Å²) in [6.07, 6.45) is 2.49. The molecule has 1 N–H and O–H groups in total. The van der Waals surface area contributed by atoms with Crippen LogP contribution in [0.4, 0.5) is 5.69 Å². The van der Waals surface area contributed by atoms with Crippen molar-refractivity contribution in [2.24, 2.45) is 0 Å². The van der Waals surface area contributed by atoms with Crippen LogP contribution in [0.15, 0.2) is 18.2 Å². The van der Waals surface area contributed by atoms with Crippen LogP contribution in [0.1, 0.15) is 18.4 Å². The van der Waals surface area contributed by atoms with Gasteiger partial charge < -0.3 is 10.0 Å². The number of phenolic OH excluding ortho intramolecular Hbond substituents is 1. The summed E-state index contributed by atoms with van der Waals surface area (Å²) in [6.45, 7) is 4.15. The molecule has 2 nitrogen and oxygen atoms in total. The Balaban J connectivity index is 2.29.